The lowest BCUT2D eigenvalue weighted by Gasteiger charge is -2.09. The molecule has 0 fully saturated rings. The number of halogens is 1. The fourth-order valence-electron chi connectivity index (χ4n) is 2.21. The number of rotatable bonds is 7. The molecule has 2 rings (SSSR count). The maximum Gasteiger partial charge on any atom is 0.224 e. The van der Waals surface area contributed by atoms with Crippen LogP contribution in [0.1, 0.15) is 18.9 Å². The number of aryl methyl sites for hydroxylation is 1. The zero-order valence-electron chi connectivity index (χ0n) is 13.9. The normalized spacial score (nSPS) is 9.75. The van der Waals surface area contributed by atoms with E-state index in [1.807, 2.05) is 31.2 Å². The Morgan fingerprint density at radius 1 is 1.17 bits per heavy atom. The summed E-state index contributed by atoms with van der Waals surface area (Å²) in [4.78, 5) is 12.0. The van der Waals surface area contributed by atoms with Crippen LogP contribution in [0.2, 0.25) is 0 Å². The van der Waals surface area contributed by atoms with Crippen LogP contribution in [0.4, 0.5) is 11.4 Å². The van der Waals surface area contributed by atoms with Crippen molar-refractivity contribution >= 4 is 29.7 Å². The highest BCUT2D eigenvalue weighted by molar-refractivity contribution is 5.91. The molecule has 2 aromatic carbocycles. The fraction of sp³-hybridized carbons (Fsp3) is 0.278. The first-order valence-corrected chi connectivity index (χ1v) is 7.57. The van der Waals surface area contributed by atoms with Crippen LogP contribution in [0, 0.1) is 0 Å². The highest BCUT2D eigenvalue weighted by atomic mass is 35.5. The fourth-order valence-corrected chi connectivity index (χ4v) is 2.21. The van der Waals surface area contributed by atoms with Crippen molar-refractivity contribution in [3.05, 3.63) is 48.0 Å². The third-order valence-corrected chi connectivity index (χ3v) is 3.39. The van der Waals surface area contributed by atoms with Crippen molar-refractivity contribution in [3.63, 3.8) is 0 Å². The highest BCUT2D eigenvalue weighted by Crippen LogP contribution is 2.24. The number of amides is 1. The SMILES string of the molecule is CCOc1ccc(CCC(=O)Nc2ccc(OC)c(N)c2)cc1.Cl. The van der Waals surface area contributed by atoms with Gasteiger partial charge in [-0.25, -0.2) is 0 Å². The minimum atomic E-state index is -0.0524. The Bertz CT molecular complexity index is 660. The van der Waals surface area contributed by atoms with Gasteiger partial charge in [-0.15, -0.1) is 12.4 Å². The molecule has 130 valence electrons. The molecule has 3 N–H and O–H groups in total. The van der Waals surface area contributed by atoms with Crippen LogP contribution < -0.4 is 20.5 Å². The topological polar surface area (TPSA) is 73.6 Å². The van der Waals surface area contributed by atoms with Gasteiger partial charge in [0.15, 0.2) is 0 Å². The predicted octanol–water partition coefficient (Wildman–Crippen LogP) is 3.67. The number of hydrogen-bond acceptors (Lipinski definition) is 4. The molecule has 0 atom stereocenters. The van der Waals surface area contributed by atoms with Crippen molar-refractivity contribution in [3.8, 4) is 11.5 Å². The molecular formula is C18H23ClN2O3. The van der Waals surface area contributed by atoms with Gasteiger partial charge in [-0.3, -0.25) is 4.79 Å². The molecule has 0 spiro atoms. The maximum atomic E-state index is 12.0. The van der Waals surface area contributed by atoms with Crippen LogP contribution in [0.3, 0.4) is 0 Å². The van der Waals surface area contributed by atoms with Crippen LogP contribution in [0.5, 0.6) is 11.5 Å². The average Bonchev–Trinajstić information content (AvgIpc) is 2.55. The zero-order valence-corrected chi connectivity index (χ0v) is 14.7. The van der Waals surface area contributed by atoms with Gasteiger partial charge in [-0.1, -0.05) is 12.1 Å². The second-order valence-electron chi connectivity index (χ2n) is 5.08. The number of benzene rings is 2. The van der Waals surface area contributed by atoms with Gasteiger partial charge in [-0.05, 0) is 49.2 Å². The Kier molecular flexibility index (Phi) is 7.92. The van der Waals surface area contributed by atoms with Crippen LogP contribution in [0.25, 0.3) is 0 Å². The van der Waals surface area contributed by atoms with Gasteiger partial charge in [-0.2, -0.15) is 0 Å². The van der Waals surface area contributed by atoms with E-state index < -0.39 is 0 Å². The molecule has 5 nitrogen and oxygen atoms in total. The van der Waals surface area contributed by atoms with E-state index in [0.717, 1.165) is 11.3 Å². The minimum Gasteiger partial charge on any atom is -0.495 e. The molecule has 1 amide bonds. The Labute approximate surface area is 148 Å². The standard InChI is InChI=1S/C18H22N2O3.ClH/c1-3-23-15-8-4-13(5-9-15)6-11-18(21)20-14-7-10-17(22-2)16(19)12-14;/h4-5,7-10,12H,3,6,11,19H2,1-2H3,(H,20,21);1H. The molecule has 0 unspecified atom stereocenters. The molecule has 0 aliphatic rings. The quantitative estimate of drug-likeness (QED) is 0.747. The number of nitrogen functional groups attached to an aromatic ring is 1. The first kappa shape index (κ1) is 19.6. The van der Waals surface area contributed by atoms with Crippen LogP contribution in [-0.2, 0) is 11.2 Å². The van der Waals surface area contributed by atoms with Gasteiger partial charge in [0.2, 0.25) is 5.91 Å². The summed E-state index contributed by atoms with van der Waals surface area (Å²) >= 11 is 0. The molecule has 6 heteroatoms. The van der Waals surface area contributed by atoms with Crippen LogP contribution in [0.15, 0.2) is 42.5 Å². The van der Waals surface area contributed by atoms with E-state index in [-0.39, 0.29) is 18.3 Å². The van der Waals surface area contributed by atoms with Crippen LogP contribution >= 0.6 is 12.4 Å². The van der Waals surface area contributed by atoms with Crippen molar-refractivity contribution < 1.29 is 14.3 Å². The second kappa shape index (κ2) is 9.67. The second-order valence-corrected chi connectivity index (χ2v) is 5.08. The van der Waals surface area contributed by atoms with Gasteiger partial charge in [0.25, 0.3) is 0 Å². The lowest BCUT2D eigenvalue weighted by molar-refractivity contribution is -0.116. The first-order valence-electron chi connectivity index (χ1n) is 7.57. The maximum absolute atomic E-state index is 12.0. The lowest BCUT2D eigenvalue weighted by atomic mass is 10.1. The van der Waals surface area contributed by atoms with E-state index in [9.17, 15) is 4.79 Å². The zero-order chi connectivity index (χ0) is 16.7. The van der Waals surface area contributed by atoms with Gasteiger partial charge < -0.3 is 20.5 Å². The molecule has 0 saturated carbocycles. The molecule has 24 heavy (non-hydrogen) atoms. The highest BCUT2D eigenvalue weighted by Gasteiger charge is 2.06. The average molecular weight is 351 g/mol. The number of nitrogens with two attached hydrogens (primary N) is 1. The summed E-state index contributed by atoms with van der Waals surface area (Å²) in [7, 11) is 1.56. The third-order valence-electron chi connectivity index (χ3n) is 3.39. The van der Waals surface area contributed by atoms with Crippen molar-refractivity contribution in [1.29, 1.82) is 0 Å². The third kappa shape index (κ3) is 5.66. The molecule has 0 bridgehead atoms. The summed E-state index contributed by atoms with van der Waals surface area (Å²) in [6, 6.07) is 13.0. The molecule has 0 radical (unpaired) electrons. The predicted molar refractivity (Wildman–Crippen MR) is 99.2 cm³/mol. The number of hydrogen-bond donors (Lipinski definition) is 2. The van der Waals surface area contributed by atoms with E-state index in [1.54, 1.807) is 25.3 Å². The van der Waals surface area contributed by atoms with Crippen molar-refractivity contribution in [2.45, 2.75) is 19.8 Å². The Morgan fingerprint density at radius 3 is 2.46 bits per heavy atom. The Balaban J connectivity index is 0.00000288. The molecule has 0 aliphatic heterocycles. The number of ether oxygens (including phenoxy) is 2. The molecule has 0 aromatic heterocycles. The van der Waals surface area contributed by atoms with Crippen molar-refractivity contribution in [1.82, 2.24) is 0 Å². The number of carbonyl (C=O) groups is 1. The van der Waals surface area contributed by atoms with E-state index in [2.05, 4.69) is 5.32 Å². The van der Waals surface area contributed by atoms with E-state index >= 15 is 0 Å². The van der Waals surface area contributed by atoms with Gasteiger partial charge in [0.05, 0.1) is 19.4 Å². The molecular weight excluding hydrogens is 328 g/mol. The summed E-state index contributed by atoms with van der Waals surface area (Å²) in [6.45, 7) is 2.59. The van der Waals surface area contributed by atoms with Gasteiger partial charge >= 0.3 is 0 Å². The molecule has 0 heterocycles. The number of nitrogens with one attached hydrogen (secondary N) is 1. The molecule has 2 aromatic rings. The Morgan fingerprint density at radius 2 is 1.88 bits per heavy atom. The van der Waals surface area contributed by atoms with E-state index in [1.165, 1.54) is 0 Å². The molecule has 0 aliphatic carbocycles. The first-order chi connectivity index (χ1) is 11.1. The van der Waals surface area contributed by atoms with Crippen LogP contribution in [-0.4, -0.2) is 19.6 Å². The van der Waals surface area contributed by atoms with Gasteiger partial charge in [0, 0.05) is 12.1 Å². The summed E-state index contributed by atoms with van der Waals surface area (Å²) < 4.78 is 10.5. The Hall–Kier alpha value is -2.40. The molecule has 0 saturated heterocycles. The van der Waals surface area contributed by atoms with Gasteiger partial charge in [0.1, 0.15) is 11.5 Å². The smallest absolute Gasteiger partial charge is 0.224 e. The summed E-state index contributed by atoms with van der Waals surface area (Å²) in [6.07, 6.45) is 1.07. The summed E-state index contributed by atoms with van der Waals surface area (Å²) in [5.41, 5.74) is 8.08. The van der Waals surface area contributed by atoms with Crippen molar-refractivity contribution in [2.75, 3.05) is 24.8 Å². The number of methoxy groups -OCH3 is 1. The monoisotopic (exact) mass is 350 g/mol. The lowest BCUT2D eigenvalue weighted by Crippen LogP contribution is -2.12. The minimum absolute atomic E-state index is 0. The van der Waals surface area contributed by atoms with E-state index in [4.69, 9.17) is 15.2 Å². The largest absolute Gasteiger partial charge is 0.495 e. The summed E-state index contributed by atoms with van der Waals surface area (Å²) in [5.74, 6) is 1.38. The number of anilines is 2. The van der Waals surface area contributed by atoms with Crippen molar-refractivity contribution in [2.24, 2.45) is 0 Å². The van der Waals surface area contributed by atoms with E-state index in [0.29, 0.717) is 36.6 Å². The number of carbonyl (C=O) groups excluding carboxylic acids is 1. The summed E-state index contributed by atoms with van der Waals surface area (Å²) in [5, 5.41) is 2.84.